The van der Waals surface area contributed by atoms with E-state index in [2.05, 4.69) is 14.7 Å². The van der Waals surface area contributed by atoms with Crippen LogP contribution < -0.4 is 10.9 Å². The molecule has 1 atom stereocenters. The smallest absolute Gasteiger partial charge is 0.252 e. The maximum atomic E-state index is 12.6. The molecule has 23 heavy (non-hydrogen) atoms. The Kier molecular flexibility index (Phi) is 3.09. The van der Waals surface area contributed by atoms with Crippen LogP contribution in [0.5, 0.6) is 0 Å². The van der Waals surface area contributed by atoms with Crippen LogP contribution in [0.25, 0.3) is 10.9 Å². The predicted molar refractivity (Wildman–Crippen MR) is 91.2 cm³/mol. The van der Waals surface area contributed by atoms with E-state index < -0.39 is 0 Å². The molecule has 1 aliphatic heterocycles. The van der Waals surface area contributed by atoms with Crippen LogP contribution in [-0.4, -0.2) is 15.3 Å². The first kappa shape index (κ1) is 14.1. The van der Waals surface area contributed by atoms with Crippen molar-refractivity contribution < 1.29 is 4.79 Å². The summed E-state index contributed by atoms with van der Waals surface area (Å²) in [5.74, 6) is -0.318. The number of aromatic nitrogens is 2. The molecule has 0 bridgehead atoms. The number of hydrogen-bond donors (Lipinski definition) is 2. The van der Waals surface area contributed by atoms with Gasteiger partial charge in [-0.1, -0.05) is 12.1 Å². The van der Waals surface area contributed by atoms with Gasteiger partial charge in [0.2, 0.25) is 5.91 Å². The number of pyridine rings is 1. The Morgan fingerprint density at radius 2 is 2.04 bits per heavy atom. The predicted octanol–water partition coefficient (Wildman–Crippen LogP) is 3.08. The minimum Gasteiger partial charge on any atom is -0.322 e. The van der Waals surface area contributed by atoms with E-state index >= 15 is 0 Å². The molecule has 2 N–H and O–H groups in total. The molecule has 1 aliphatic rings. The lowest BCUT2D eigenvalue weighted by atomic mass is 9.86. The average Bonchev–Trinajstić information content (AvgIpc) is 2.87. The van der Waals surface area contributed by atoms with Crippen molar-refractivity contribution in [3.63, 3.8) is 0 Å². The Balaban J connectivity index is 1.94. The maximum absolute atomic E-state index is 12.6. The topological polar surface area (TPSA) is 74.8 Å². The number of rotatable bonds is 1. The van der Waals surface area contributed by atoms with Crippen LogP contribution in [0.1, 0.15) is 34.7 Å². The van der Waals surface area contributed by atoms with E-state index in [4.69, 9.17) is 0 Å². The number of nitrogens with one attached hydrogen (secondary N) is 2. The summed E-state index contributed by atoms with van der Waals surface area (Å²) in [6.45, 7) is 3.90. The lowest BCUT2D eigenvalue weighted by Crippen LogP contribution is -2.26. The lowest BCUT2D eigenvalue weighted by molar-refractivity contribution is -0.116. The van der Waals surface area contributed by atoms with Crippen molar-refractivity contribution in [3.05, 3.63) is 57.0 Å². The SMILES string of the molecule is Cc1ccc2cc(C3CC(=O)Nc4snc(C)c43)c(=O)[nH]c2c1. The number of aromatic amines is 1. The molecule has 1 aromatic carbocycles. The molecule has 116 valence electrons. The minimum absolute atomic E-state index is 0.0745. The van der Waals surface area contributed by atoms with Gasteiger partial charge in [-0.15, -0.1) is 0 Å². The summed E-state index contributed by atoms with van der Waals surface area (Å²) in [6, 6.07) is 7.86. The highest BCUT2D eigenvalue weighted by Gasteiger charge is 2.32. The number of amides is 1. The monoisotopic (exact) mass is 325 g/mol. The van der Waals surface area contributed by atoms with Crippen molar-refractivity contribution >= 4 is 33.3 Å². The quantitative estimate of drug-likeness (QED) is 0.722. The Bertz CT molecular complexity index is 1000. The summed E-state index contributed by atoms with van der Waals surface area (Å²) in [7, 11) is 0. The molecule has 2 aromatic heterocycles. The van der Waals surface area contributed by atoms with Gasteiger partial charge in [0.15, 0.2) is 0 Å². The van der Waals surface area contributed by atoms with Crippen molar-refractivity contribution in [3.8, 4) is 0 Å². The average molecular weight is 325 g/mol. The van der Waals surface area contributed by atoms with Gasteiger partial charge in [-0.3, -0.25) is 9.59 Å². The van der Waals surface area contributed by atoms with Gasteiger partial charge in [-0.05, 0) is 48.5 Å². The zero-order chi connectivity index (χ0) is 16.1. The van der Waals surface area contributed by atoms with Crippen molar-refractivity contribution in [2.75, 3.05) is 5.32 Å². The third-order valence-corrected chi connectivity index (χ3v) is 5.17. The number of carbonyl (C=O) groups excluding carboxylic acids is 1. The highest BCUT2D eigenvalue weighted by molar-refractivity contribution is 7.10. The zero-order valence-corrected chi connectivity index (χ0v) is 13.6. The summed E-state index contributed by atoms with van der Waals surface area (Å²) in [4.78, 5) is 27.5. The van der Waals surface area contributed by atoms with E-state index in [0.29, 0.717) is 5.56 Å². The second-order valence-electron chi connectivity index (χ2n) is 5.96. The normalized spacial score (nSPS) is 17.1. The number of H-pyrrole nitrogens is 1. The van der Waals surface area contributed by atoms with Gasteiger partial charge >= 0.3 is 0 Å². The number of carbonyl (C=O) groups is 1. The summed E-state index contributed by atoms with van der Waals surface area (Å²) in [6.07, 6.45) is 0.271. The van der Waals surface area contributed by atoms with E-state index in [-0.39, 0.29) is 23.8 Å². The number of benzene rings is 1. The van der Waals surface area contributed by atoms with E-state index in [1.807, 2.05) is 38.1 Å². The third kappa shape index (κ3) is 2.26. The van der Waals surface area contributed by atoms with Gasteiger partial charge < -0.3 is 10.3 Å². The molecule has 3 heterocycles. The van der Waals surface area contributed by atoms with Gasteiger partial charge in [0.25, 0.3) is 5.56 Å². The van der Waals surface area contributed by atoms with E-state index in [0.717, 1.165) is 32.7 Å². The molecule has 0 fully saturated rings. The fourth-order valence-corrected chi connectivity index (χ4v) is 4.07. The molecule has 0 saturated carbocycles. The van der Waals surface area contributed by atoms with Crippen LogP contribution >= 0.6 is 11.5 Å². The minimum atomic E-state index is -0.244. The van der Waals surface area contributed by atoms with Crippen LogP contribution in [0.2, 0.25) is 0 Å². The molecule has 3 aromatic rings. The summed E-state index contributed by atoms with van der Waals surface area (Å²) >= 11 is 1.27. The number of nitrogens with zero attached hydrogens (tertiary/aromatic N) is 1. The third-order valence-electron chi connectivity index (χ3n) is 4.30. The van der Waals surface area contributed by atoms with Crippen molar-refractivity contribution in [2.24, 2.45) is 0 Å². The standard InChI is InChI=1S/C17H15N3O2S/c1-8-3-4-10-6-12(16(22)18-13(10)5-8)11-7-14(21)19-17-15(11)9(2)20-23-17/h3-6,11H,7H2,1-2H3,(H,18,22)(H,19,21). The van der Waals surface area contributed by atoms with Crippen molar-refractivity contribution in [1.29, 1.82) is 0 Å². The van der Waals surface area contributed by atoms with Crippen LogP contribution in [0.15, 0.2) is 29.1 Å². The molecule has 0 radical (unpaired) electrons. The highest BCUT2D eigenvalue weighted by atomic mass is 32.1. The summed E-state index contributed by atoms with van der Waals surface area (Å²) in [5, 5.41) is 4.58. The van der Waals surface area contributed by atoms with Gasteiger partial charge in [0.1, 0.15) is 5.00 Å². The Labute approximate surface area is 136 Å². The van der Waals surface area contributed by atoms with Crippen LogP contribution in [0.3, 0.4) is 0 Å². The maximum Gasteiger partial charge on any atom is 0.252 e. The molecule has 0 saturated heterocycles. The molecular formula is C17H15N3O2S. The Morgan fingerprint density at radius 3 is 2.87 bits per heavy atom. The number of hydrogen-bond acceptors (Lipinski definition) is 4. The summed E-state index contributed by atoms with van der Waals surface area (Å²) < 4.78 is 4.33. The first-order chi connectivity index (χ1) is 11.0. The summed E-state index contributed by atoms with van der Waals surface area (Å²) in [5.41, 5.74) is 4.24. The van der Waals surface area contributed by atoms with Gasteiger partial charge in [0, 0.05) is 29.0 Å². The molecule has 6 heteroatoms. The first-order valence-electron chi connectivity index (χ1n) is 7.42. The molecule has 0 spiro atoms. The molecule has 1 unspecified atom stereocenters. The molecule has 4 rings (SSSR count). The fourth-order valence-electron chi connectivity index (χ4n) is 3.20. The second kappa shape index (κ2) is 5.03. The van der Waals surface area contributed by atoms with Crippen molar-refractivity contribution in [1.82, 2.24) is 9.36 Å². The molecular weight excluding hydrogens is 310 g/mol. The van der Waals surface area contributed by atoms with Gasteiger partial charge in [0.05, 0.1) is 5.69 Å². The molecule has 5 nitrogen and oxygen atoms in total. The molecule has 1 amide bonds. The van der Waals surface area contributed by atoms with Crippen LogP contribution in [-0.2, 0) is 4.79 Å². The first-order valence-corrected chi connectivity index (χ1v) is 8.20. The van der Waals surface area contributed by atoms with Crippen LogP contribution in [0.4, 0.5) is 5.00 Å². The Hall–Kier alpha value is -2.47. The number of fused-ring (bicyclic) bond motifs is 2. The highest BCUT2D eigenvalue weighted by Crippen LogP contribution is 2.40. The van der Waals surface area contributed by atoms with Gasteiger partial charge in [-0.25, -0.2) is 0 Å². The zero-order valence-electron chi connectivity index (χ0n) is 12.8. The van der Waals surface area contributed by atoms with E-state index in [1.54, 1.807) is 0 Å². The Morgan fingerprint density at radius 1 is 1.22 bits per heavy atom. The van der Waals surface area contributed by atoms with Crippen molar-refractivity contribution in [2.45, 2.75) is 26.2 Å². The lowest BCUT2D eigenvalue weighted by Gasteiger charge is -2.22. The number of anilines is 1. The van der Waals surface area contributed by atoms with E-state index in [1.165, 1.54) is 11.5 Å². The van der Waals surface area contributed by atoms with Gasteiger partial charge in [-0.2, -0.15) is 4.37 Å². The fraction of sp³-hybridized carbons (Fsp3) is 0.235. The molecule has 0 aliphatic carbocycles. The largest absolute Gasteiger partial charge is 0.322 e. The van der Waals surface area contributed by atoms with E-state index in [9.17, 15) is 9.59 Å². The van der Waals surface area contributed by atoms with Crippen LogP contribution in [0, 0.1) is 13.8 Å². The number of aryl methyl sites for hydroxylation is 2. The second-order valence-corrected chi connectivity index (χ2v) is 6.73.